The zero-order valence-electron chi connectivity index (χ0n) is 10.6. The van der Waals surface area contributed by atoms with Crippen molar-refractivity contribution < 1.29 is 14.3 Å². The summed E-state index contributed by atoms with van der Waals surface area (Å²) in [5.74, 6) is 0.467. The lowest BCUT2D eigenvalue weighted by molar-refractivity contribution is -0.123. The molecule has 0 fully saturated rings. The highest BCUT2D eigenvalue weighted by Gasteiger charge is 2.01. The number of rotatable bonds is 8. The third kappa shape index (κ3) is 5.48. The summed E-state index contributed by atoms with van der Waals surface area (Å²) in [5.41, 5.74) is 0.589. The average Bonchev–Trinajstić information content (AvgIpc) is 2.42. The van der Waals surface area contributed by atoms with Gasteiger partial charge in [0.15, 0.2) is 6.61 Å². The van der Waals surface area contributed by atoms with E-state index in [1.807, 2.05) is 0 Å². The first-order valence-corrected chi connectivity index (χ1v) is 6.21. The van der Waals surface area contributed by atoms with Gasteiger partial charge in [0.2, 0.25) is 0 Å². The van der Waals surface area contributed by atoms with Gasteiger partial charge in [0, 0.05) is 12.1 Å². The number of nitrogens with one attached hydrogen (secondary N) is 1. The van der Waals surface area contributed by atoms with Crippen LogP contribution in [0.4, 0.5) is 0 Å². The first-order valence-electron chi connectivity index (χ1n) is 6.21. The predicted octanol–water partition coefficient (Wildman–Crippen LogP) is 2.18. The molecular weight excluding hydrogens is 230 g/mol. The van der Waals surface area contributed by atoms with Crippen LogP contribution in [0, 0.1) is 0 Å². The van der Waals surface area contributed by atoms with Crippen molar-refractivity contribution in [1.29, 1.82) is 0 Å². The summed E-state index contributed by atoms with van der Waals surface area (Å²) in [6, 6.07) is 6.66. The lowest BCUT2D eigenvalue weighted by Crippen LogP contribution is -2.29. The Balaban J connectivity index is 2.22. The van der Waals surface area contributed by atoms with Crippen LogP contribution in [0.25, 0.3) is 0 Å². The molecule has 0 saturated carbocycles. The molecule has 0 aliphatic rings. The first kappa shape index (κ1) is 14.2. The molecule has 18 heavy (non-hydrogen) atoms. The second kappa shape index (κ2) is 8.28. The fourth-order valence-corrected chi connectivity index (χ4v) is 1.45. The Morgan fingerprint density at radius 2 is 2.00 bits per heavy atom. The molecule has 0 aliphatic heterocycles. The van der Waals surface area contributed by atoms with Crippen LogP contribution >= 0.6 is 0 Å². The van der Waals surface area contributed by atoms with E-state index in [1.165, 1.54) is 0 Å². The second-order valence-corrected chi connectivity index (χ2v) is 4.03. The van der Waals surface area contributed by atoms with Crippen molar-refractivity contribution in [3.05, 3.63) is 29.8 Å². The molecular formula is C14H19NO3. The number of amides is 1. The van der Waals surface area contributed by atoms with Gasteiger partial charge in [-0.2, -0.15) is 0 Å². The Labute approximate surface area is 107 Å². The molecule has 1 rings (SSSR count). The highest BCUT2D eigenvalue weighted by atomic mass is 16.5. The van der Waals surface area contributed by atoms with E-state index in [1.54, 1.807) is 24.3 Å². The topological polar surface area (TPSA) is 55.4 Å². The van der Waals surface area contributed by atoms with Crippen LogP contribution in [-0.4, -0.2) is 25.3 Å². The summed E-state index contributed by atoms with van der Waals surface area (Å²) in [5, 5.41) is 2.79. The second-order valence-electron chi connectivity index (χ2n) is 4.03. The molecule has 0 aliphatic carbocycles. The predicted molar refractivity (Wildman–Crippen MR) is 69.9 cm³/mol. The van der Waals surface area contributed by atoms with Gasteiger partial charge in [-0.05, 0) is 30.7 Å². The number of benzene rings is 1. The van der Waals surface area contributed by atoms with E-state index in [0.29, 0.717) is 17.9 Å². The maximum atomic E-state index is 11.4. The number of carbonyl (C=O) groups excluding carboxylic acids is 2. The molecule has 1 aromatic rings. The fraction of sp³-hybridized carbons (Fsp3) is 0.429. The number of hydrogen-bond donors (Lipinski definition) is 1. The van der Waals surface area contributed by atoms with Crippen molar-refractivity contribution in [3.63, 3.8) is 0 Å². The lowest BCUT2D eigenvalue weighted by atomic mass is 10.2. The number of aldehydes is 1. The summed E-state index contributed by atoms with van der Waals surface area (Å²) < 4.78 is 5.30. The average molecular weight is 249 g/mol. The smallest absolute Gasteiger partial charge is 0.257 e. The molecule has 0 radical (unpaired) electrons. The number of carbonyl (C=O) groups is 2. The minimum atomic E-state index is -0.120. The zero-order valence-corrected chi connectivity index (χ0v) is 10.6. The van der Waals surface area contributed by atoms with Crippen molar-refractivity contribution in [1.82, 2.24) is 5.32 Å². The Hall–Kier alpha value is -1.84. The molecule has 1 aromatic carbocycles. The summed E-state index contributed by atoms with van der Waals surface area (Å²) in [6.07, 6.45) is 4.02. The zero-order chi connectivity index (χ0) is 13.2. The van der Waals surface area contributed by atoms with Crippen LogP contribution in [-0.2, 0) is 4.79 Å². The third-order valence-corrected chi connectivity index (χ3v) is 2.49. The minimum Gasteiger partial charge on any atom is -0.484 e. The molecule has 4 nitrogen and oxygen atoms in total. The van der Waals surface area contributed by atoms with E-state index in [-0.39, 0.29) is 12.5 Å². The van der Waals surface area contributed by atoms with E-state index in [0.717, 1.165) is 25.5 Å². The van der Waals surface area contributed by atoms with Crippen molar-refractivity contribution in [3.8, 4) is 5.75 Å². The molecule has 4 heteroatoms. The Kier molecular flexibility index (Phi) is 6.54. The van der Waals surface area contributed by atoms with Crippen molar-refractivity contribution in [2.45, 2.75) is 26.2 Å². The van der Waals surface area contributed by atoms with Gasteiger partial charge >= 0.3 is 0 Å². The lowest BCUT2D eigenvalue weighted by Gasteiger charge is -2.07. The number of ether oxygens (including phenoxy) is 1. The molecule has 0 heterocycles. The van der Waals surface area contributed by atoms with Gasteiger partial charge in [-0.1, -0.05) is 19.8 Å². The van der Waals surface area contributed by atoms with Gasteiger partial charge in [-0.3, -0.25) is 9.59 Å². The quantitative estimate of drug-likeness (QED) is 0.567. The summed E-state index contributed by atoms with van der Waals surface area (Å²) in [7, 11) is 0. The van der Waals surface area contributed by atoms with Gasteiger partial charge in [0.1, 0.15) is 12.0 Å². The molecule has 0 spiro atoms. The van der Waals surface area contributed by atoms with Gasteiger partial charge < -0.3 is 10.1 Å². The third-order valence-electron chi connectivity index (χ3n) is 2.49. The standard InChI is InChI=1S/C14H19NO3/c1-2-3-4-9-15-14(17)11-18-13-7-5-12(10-16)6-8-13/h5-8,10H,2-4,9,11H2,1H3,(H,15,17). The fourth-order valence-electron chi connectivity index (χ4n) is 1.45. The summed E-state index contributed by atoms with van der Waals surface area (Å²) >= 11 is 0. The molecule has 1 amide bonds. The van der Waals surface area contributed by atoms with Crippen molar-refractivity contribution in [2.75, 3.05) is 13.2 Å². The van der Waals surface area contributed by atoms with Crippen LogP contribution in [0.3, 0.4) is 0 Å². The summed E-state index contributed by atoms with van der Waals surface area (Å²) in [4.78, 5) is 21.9. The monoisotopic (exact) mass is 249 g/mol. The van der Waals surface area contributed by atoms with Gasteiger partial charge in [0.05, 0.1) is 0 Å². The molecule has 0 aromatic heterocycles. The van der Waals surface area contributed by atoms with Crippen LogP contribution in [0.15, 0.2) is 24.3 Å². The van der Waals surface area contributed by atoms with Crippen LogP contribution in [0.5, 0.6) is 5.75 Å². The maximum Gasteiger partial charge on any atom is 0.257 e. The SMILES string of the molecule is CCCCCNC(=O)COc1ccc(C=O)cc1. The highest BCUT2D eigenvalue weighted by Crippen LogP contribution is 2.10. The van der Waals surface area contributed by atoms with Crippen LogP contribution in [0.2, 0.25) is 0 Å². The normalized spacial score (nSPS) is 9.83. The Bertz CT molecular complexity index is 373. The number of unbranched alkanes of at least 4 members (excludes halogenated alkanes) is 2. The van der Waals surface area contributed by atoms with Crippen molar-refractivity contribution >= 4 is 12.2 Å². The number of hydrogen-bond acceptors (Lipinski definition) is 3. The maximum absolute atomic E-state index is 11.4. The van der Waals surface area contributed by atoms with Gasteiger partial charge in [0.25, 0.3) is 5.91 Å². The summed E-state index contributed by atoms with van der Waals surface area (Å²) in [6.45, 7) is 2.82. The first-order chi connectivity index (χ1) is 8.76. The van der Waals surface area contributed by atoms with Gasteiger partial charge in [-0.15, -0.1) is 0 Å². The van der Waals surface area contributed by atoms with E-state index in [4.69, 9.17) is 4.74 Å². The molecule has 0 bridgehead atoms. The molecule has 0 saturated heterocycles. The van der Waals surface area contributed by atoms with E-state index < -0.39 is 0 Å². The van der Waals surface area contributed by atoms with Gasteiger partial charge in [-0.25, -0.2) is 0 Å². The highest BCUT2D eigenvalue weighted by molar-refractivity contribution is 5.77. The molecule has 0 atom stereocenters. The van der Waals surface area contributed by atoms with Crippen LogP contribution < -0.4 is 10.1 Å². The van der Waals surface area contributed by atoms with Crippen molar-refractivity contribution in [2.24, 2.45) is 0 Å². The Morgan fingerprint density at radius 1 is 1.28 bits per heavy atom. The Morgan fingerprint density at radius 3 is 2.61 bits per heavy atom. The van der Waals surface area contributed by atoms with E-state index >= 15 is 0 Å². The molecule has 1 N–H and O–H groups in total. The molecule has 0 unspecified atom stereocenters. The minimum absolute atomic E-state index is 0.00651. The largest absolute Gasteiger partial charge is 0.484 e. The van der Waals surface area contributed by atoms with E-state index in [9.17, 15) is 9.59 Å². The van der Waals surface area contributed by atoms with E-state index in [2.05, 4.69) is 12.2 Å². The molecule has 98 valence electrons. The van der Waals surface area contributed by atoms with Crippen LogP contribution in [0.1, 0.15) is 36.5 Å².